The minimum absolute atomic E-state index is 0.108. The molecular formula is C11H13FO2. The van der Waals surface area contributed by atoms with E-state index in [1.807, 2.05) is 0 Å². The van der Waals surface area contributed by atoms with Gasteiger partial charge in [-0.3, -0.25) is 0 Å². The van der Waals surface area contributed by atoms with Crippen LogP contribution in [0.1, 0.15) is 18.1 Å². The lowest BCUT2D eigenvalue weighted by atomic mass is 9.95. The Bertz CT molecular complexity index is 308. The molecule has 0 bridgehead atoms. The zero-order chi connectivity index (χ0) is 9.97. The monoisotopic (exact) mass is 196 g/mol. The van der Waals surface area contributed by atoms with Crippen molar-refractivity contribution >= 4 is 0 Å². The molecule has 0 radical (unpaired) electrons. The molecule has 0 unspecified atom stereocenters. The van der Waals surface area contributed by atoms with Crippen LogP contribution in [0.4, 0.5) is 4.39 Å². The first kappa shape index (κ1) is 9.62. The molecule has 14 heavy (non-hydrogen) atoms. The Kier molecular flexibility index (Phi) is 2.79. The predicted octanol–water partition coefficient (Wildman–Crippen LogP) is 1.90. The molecule has 0 aliphatic carbocycles. The van der Waals surface area contributed by atoms with Crippen molar-refractivity contribution in [3.63, 3.8) is 0 Å². The number of benzene rings is 1. The first-order valence-corrected chi connectivity index (χ1v) is 4.78. The van der Waals surface area contributed by atoms with Crippen LogP contribution in [-0.4, -0.2) is 18.3 Å². The molecule has 0 saturated carbocycles. The van der Waals surface area contributed by atoms with Crippen LogP contribution in [0.25, 0.3) is 0 Å². The highest BCUT2D eigenvalue weighted by molar-refractivity contribution is 5.19. The SMILES string of the molecule is O[C@@H](c1cccc(F)c1)[C@@H]1CCOC1. The maximum absolute atomic E-state index is 12.9. The standard InChI is InChI=1S/C11H13FO2/c12-10-3-1-2-8(6-10)11(13)9-4-5-14-7-9/h1-3,6,9,11,13H,4-5,7H2/t9-,11+/m1/s1. The van der Waals surface area contributed by atoms with Crippen molar-refractivity contribution in [1.29, 1.82) is 0 Å². The van der Waals surface area contributed by atoms with E-state index in [1.165, 1.54) is 12.1 Å². The van der Waals surface area contributed by atoms with Crippen molar-refractivity contribution in [1.82, 2.24) is 0 Å². The zero-order valence-corrected chi connectivity index (χ0v) is 7.82. The summed E-state index contributed by atoms with van der Waals surface area (Å²) in [4.78, 5) is 0. The van der Waals surface area contributed by atoms with Gasteiger partial charge in [0.25, 0.3) is 0 Å². The van der Waals surface area contributed by atoms with E-state index in [0.717, 1.165) is 6.42 Å². The third kappa shape index (κ3) is 1.94. The summed E-state index contributed by atoms with van der Waals surface area (Å²) in [6.07, 6.45) is 0.241. The van der Waals surface area contributed by atoms with Gasteiger partial charge in [0, 0.05) is 12.5 Å². The molecular weight excluding hydrogens is 183 g/mol. The largest absolute Gasteiger partial charge is 0.388 e. The maximum atomic E-state index is 12.9. The van der Waals surface area contributed by atoms with Crippen molar-refractivity contribution < 1.29 is 14.2 Å². The lowest BCUT2D eigenvalue weighted by molar-refractivity contribution is 0.0915. The van der Waals surface area contributed by atoms with Crippen LogP contribution >= 0.6 is 0 Å². The Morgan fingerprint density at radius 1 is 1.50 bits per heavy atom. The van der Waals surface area contributed by atoms with Crippen molar-refractivity contribution in [3.05, 3.63) is 35.6 Å². The summed E-state index contributed by atoms with van der Waals surface area (Å²) >= 11 is 0. The van der Waals surface area contributed by atoms with Crippen molar-refractivity contribution in [2.75, 3.05) is 13.2 Å². The first-order chi connectivity index (χ1) is 6.77. The summed E-state index contributed by atoms with van der Waals surface area (Å²) in [5, 5.41) is 9.90. The Morgan fingerprint density at radius 2 is 2.36 bits per heavy atom. The van der Waals surface area contributed by atoms with Gasteiger partial charge < -0.3 is 9.84 Å². The molecule has 1 aromatic carbocycles. The number of hydrogen-bond donors (Lipinski definition) is 1. The fraction of sp³-hybridized carbons (Fsp3) is 0.455. The second kappa shape index (κ2) is 4.07. The minimum Gasteiger partial charge on any atom is -0.388 e. The molecule has 0 aromatic heterocycles. The molecule has 1 N–H and O–H groups in total. The van der Waals surface area contributed by atoms with E-state index in [2.05, 4.69) is 0 Å². The average Bonchev–Trinajstić information content (AvgIpc) is 2.69. The van der Waals surface area contributed by atoms with Crippen molar-refractivity contribution in [2.45, 2.75) is 12.5 Å². The molecule has 1 aromatic rings. The van der Waals surface area contributed by atoms with Crippen LogP contribution in [0.5, 0.6) is 0 Å². The number of aliphatic hydroxyl groups is 1. The van der Waals surface area contributed by atoms with Crippen LogP contribution in [0.15, 0.2) is 24.3 Å². The molecule has 0 spiro atoms. The lowest BCUT2D eigenvalue weighted by Crippen LogP contribution is -2.12. The first-order valence-electron chi connectivity index (χ1n) is 4.78. The third-order valence-electron chi connectivity index (χ3n) is 2.60. The number of rotatable bonds is 2. The summed E-state index contributed by atoms with van der Waals surface area (Å²) < 4.78 is 18.0. The maximum Gasteiger partial charge on any atom is 0.123 e. The summed E-state index contributed by atoms with van der Waals surface area (Å²) in [5.74, 6) is -0.197. The molecule has 1 fully saturated rings. The Morgan fingerprint density at radius 3 is 3.00 bits per heavy atom. The highest BCUT2D eigenvalue weighted by Crippen LogP contribution is 2.28. The summed E-state index contributed by atoms with van der Waals surface area (Å²) in [5.41, 5.74) is 0.639. The molecule has 2 nitrogen and oxygen atoms in total. The smallest absolute Gasteiger partial charge is 0.123 e. The minimum atomic E-state index is -0.604. The number of ether oxygens (including phenoxy) is 1. The van der Waals surface area contributed by atoms with Crippen LogP contribution in [0.3, 0.4) is 0 Å². The molecule has 2 rings (SSSR count). The van der Waals surface area contributed by atoms with Gasteiger partial charge in [0.15, 0.2) is 0 Å². The molecule has 76 valence electrons. The van der Waals surface area contributed by atoms with Crippen molar-refractivity contribution in [3.8, 4) is 0 Å². The van der Waals surface area contributed by atoms with Crippen molar-refractivity contribution in [2.24, 2.45) is 5.92 Å². The van der Waals surface area contributed by atoms with Crippen LogP contribution in [0, 0.1) is 11.7 Å². The Labute approximate surface area is 82.3 Å². The lowest BCUT2D eigenvalue weighted by Gasteiger charge is -2.16. The van der Waals surface area contributed by atoms with Gasteiger partial charge >= 0.3 is 0 Å². The normalized spacial score (nSPS) is 23.7. The third-order valence-corrected chi connectivity index (χ3v) is 2.60. The highest BCUT2D eigenvalue weighted by atomic mass is 19.1. The van der Waals surface area contributed by atoms with E-state index in [0.29, 0.717) is 18.8 Å². The van der Waals surface area contributed by atoms with Gasteiger partial charge in [-0.25, -0.2) is 4.39 Å². The van der Waals surface area contributed by atoms with E-state index < -0.39 is 6.10 Å². The summed E-state index contributed by atoms with van der Waals surface area (Å²) in [6, 6.07) is 6.11. The zero-order valence-electron chi connectivity index (χ0n) is 7.82. The molecule has 2 atom stereocenters. The number of aliphatic hydroxyl groups excluding tert-OH is 1. The Balaban J connectivity index is 2.13. The van der Waals surface area contributed by atoms with E-state index >= 15 is 0 Å². The summed E-state index contributed by atoms with van der Waals surface area (Å²) in [7, 11) is 0. The molecule has 1 saturated heterocycles. The van der Waals surface area contributed by atoms with Gasteiger partial charge in [0.2, 0.25) is 0 Å². The van der Waals surface area contributed by atoms with Crippen LogP contribution in [0.2, 0.25) is 0 Å². The van der Waals surface area contributed by atoms with Gasteiger partial charge in [0.05, 0.1) is 12.7 Å². The predicted molar refractivity (Wildman–Crippen MR) is 50.3 cm³/mol. The molecule has 0 amide bonds. The molecule has 1 heterocycles. The highest BCUT2D eigenvalue weighted by Gasteiger charge is 2.25. The van der Waals surface area contributed by atoms with Gasteiger partial charge in [-0.05, 0) is 24.1 Å². The molecule has 1 aliphatic heterocycles. The average molecular weight is 196 g/mol. The fourth-order valence-corrected chi connectivity index (χ4v) is 1.76. The topological polar surface area (TPSA) is 29.5 Å². The van der Waals surface area contributed by atoms with E-state index in [-0.39, 0.29) is 11.7 Å². The van der Waals surface area contributed by atoms with Gasteiger partial charge in [0.1, 0.15) is 5.82 Å². The van der Waals surface area contributed by atoms with E-state index in [4.69, 9.17) is 4.74 Å². The van der Waals surface area contributed by atoms with Gasteiger partial charge in [-0.1, -0.05) is 12.1 Å². The van der Waals surface area contributed by atoms with Crippen LogP contribution in [-0.2, 0) is 4.74 Å². The number of hydrogen-bond acceptors (Lipinski definition) is 2. The van der Waals surface area contributed by atoms with Gasteiger partial charge in [-0.15, -0.1) is 0 Å². The van der Waals surface area contributed by atoms with Crippen LogP contribution < -0.4 is 0 Å². The van der Waals surface area contributed by atoms with Gasteiger partial charge in [-0.2, -0.15) is 0 Å². The molecule has 3 heteroatoms. The van der Waals surface area contributed by atoms with E-state index in [9.17, 15) is 9.50 Å². The quantitative estimate of drug-likeness (QED) is 0.782. The fourth-order valence-electron chi connectivity index (χ4n) is 1.76. The number of halogens is 1. The second-order valence-electron chi connectivity index (χ2n) is 3.62. The molecule has 1 aliphatic rings. The summed E-state index contributed by atoms with van der Waals surface area (Å²) in [6.45, 7) is 1.26. The van der Waals surface area contributed by atoms with E-state index in [1.54, 1.807) is 12.1 Å². The Hall–Kier alpha value is -0.930. The second-order valence-corrected chi connectivity index (χ2v) is 3.62.